The number of ether oxygens (including phenoxy) is 4. The molecule has 0 radical (unpaired) electrons. The molecule has 9 nitrogen and oxygen atoms in total. The van der Waals surface area contributed by atoms with Crippen LogP contribution in [0.15, 0.2) is 11.1 Å². The summed E-state index contributed by atoms with van der Waals surface area (Å²) in [5.41, 5.74) is 4.81. The van der Waals surface area contributed by atoms with Crippen molar-refractivity contribution in [3.05, 3.63) is 16.8 Å². The molecule has 1 aliphatic rings. The van der Waals surface area contributed by atoms with Crippen molar-refractivity contribution in [2.75, 3.05) is 33.7 Å². The predicted octanol–water partition coefficient (Wildman–Crippen LogP) is -1.21. The number of anilines is 1. The third-order valence-corrected chi connectivity index (χ3v) is 3.18. The molecule has 0 aliphatic carbocycles. The number of hydrogen-bond acceptors (Lipinski definition) is 8. The van der Waals surface area contributed by atoms with Crippen molar-refractivity contribution in [2.24, 2.45) is 0 Å². The Morgan fingerprint density at radius 1 is 1.35 bits per heavy atom. The van der Waals surface area contributed by atoms with Crippen molar-refractivity contribution in [3.8, 4) is 0 Å². The molecule has 0 bridgehead atoms. The van der Waals surface area contributed by atoms with Crippen LogP contribution < -0.4 is 11.4 Å². The minimum atomic E-state index is -0.696. The van der Waals surface area contributed by atoms with E-state index in [0.717, 1.165) is 0 Å². The van der Waals surface area contributed by atoms with Crippen LogP contribution in [-0.4, -0.2) is 60.8 Å². The summed E-state index contributed by atoms with van der Waals surface area (Å²) in [6, 6.07) is 0. The first-order valence-electron chi connectivity index (χ1n) is 6.03. The summed E-state index contributed by atoms with van der Waals surface area (Å²) in [6.45, 7) is 0.319. The molecule has 2 heterocycles. The summed E-state index contributed by atoms with van der Waals surface area (Å²) in [6.07, 6.45) is -0.620. The second-order valence-electron chi connectivity index (χ2n) is 4.33. The summed E-state index contributed by atoms with van der Waals surface area (Å²) >= 11 is 0. The number of methoxy groups -OCH3 is 3. The van der Waals surface area contributed by atoms with E-state index in [1.165, 1.54) is 18.0 Å². The highest BCUT2D eigenvalue weighted by molar-refractivity contribution is 5.10. The zero-order valence-corrected chi connectivity index (χ0v) is 11.6. The molecule has 2 rings (SSSR count). The molecule has 1 aromatic heterocycles. The monoisotopic (exact) mass is 286 g/mol. The fourth-order valence-electron chi connectivity index (χ4n) is 2.30. The smallest absolute Gasteiger partial charge is 0.354 e. The van der Waals surface area contributed by atoms with Crippen LogP contribution in [0.25, 0.3) is 0 Å². The third kappa shape index (κ3) is 2.66. The molecular weight excluding hydrogens is 268 g/mol. The standard InChI is InChI=1S/C11H18N4O5/c1-17-4-6-7(18-2)8(19-3)9(20-6)15-5-13-10(12)14-11(15)16/h5-9H,4H2,1-3H3,(H2,12,14,16)/t6-,7?,8+,9-/m1/s1. The lowest BCUT2D eigenvalue weighted by atomic mass is 10.1. The van der Waals surface area contributed by atoms with Gasteiger partial charge in [-0.1, -0.05) is 0 Å². The van der Waals surface area contributed by atoms with Gasteiger partial charge in [0.05, 0.1) is 6.61 Å². The molecule has 2 N–H and O–H groups in total. The molecule has 0 amide bonds. The van der Waals surface area contributed by atoms with Gasteiger partial charge in [-0.25, -0.2) is 9.78 Å². The second kappa shape index (κ2) is 6.27. The highest BCUT2D eigenvalue weighted by atomic mass is 16.6. The number of hydrogen-bond donors (Lipinski definition) is 1. The summed E-state index contributed by atoms with van der Waals surface area (Å²) < 4.78 is 22.9. The van der Waals surface area contributed by atoms with Gasteiger partial charge in [0.1, 0.15) is 24.6 Å². The van der Waals surface area contributed by atoms with E-state index in [2.05, 4.69) is 9.97 Å². The summed E-state index contributed by atoms with van der Waals surface area (Å²) in [4.78, 5) is 19.2. The molecule has 1 saturated heterocycles. The van der Waals surface area contributed by atoms with Crippen molar-refractivity contribution < 1.29 is 18.9 Å². The van der Waals surface area contributed by atoms with Gasteiger partial charge < -0.3 is 24.7 Å². The maximum Gasteiger partial charge on any atom is 0.354 e. The van der Waals surface area contributed by atoms with Gasteiger partial charge in [0, 0.05) is 21.3 Å². The van der Waals surface area contributed by atoms with Crippen molar-refractivity contribution in [1.29, 1.82) is 0 Å². The Kier molecular flexibility index (Phi) is 4.65. The number of aromatic nitrogens is 3. The molecule has 0 aromatic carbocycles. The van der Waals surface area contributed by atoms with E-state index < -0.39 is 18.0 Å². The molecule has 1 aliphatic heterocycles. The van der Waals surface area contributed by atoms with Crippen LogP contribution in [0.5, 0.6) is 0 Å². The lowest BCUT2D eigenvalue weighted by Crippen LogP contribution is -2.39. The van der Waals surface area contributed by atoms with Gasteiger partial charge in [0.25, 0.3) is 0 Å². The first kappa shape index (κ1) is 14.9. The van der Waals surface area contributed by atoms with Gasteiger partial charge in [0.15, 0.2) is 6.23 Å². The fraction of sp³-hybridized carbons (Fsp3) is 0.727. The summed E-state index contributed by atoms with van der Waals surface area (Å²) in [5, 5.41) is 0. The number of nitrogens with two attached hydrogens (primary N) is 1. The van der Waals surface area contributed by atoms with Crippen LogP contribution in [0.1, 0.15) is 6.23 Å². The first-order chi connectivity index (χ1) is 9.62. The Labute approximate surface area is 115 Å². The normalized spacial score (nSPS) is 29.8. The van der Waals surface area contributed by atoms with E-state index in [4.69, 9.17) is 24.7 Å². The van der Waals surface area contributed by atoms with E-state index >= 15 is 0 Å². The molecule has 1 fully saturated rings. The minimum absolute atomic E-state index is 0.0880. The van der Waals surface area contributed by atoms with Crippen molar-refractivity contribution >= 4 is 5.95 Å². The van der Waals surface area contributed by atoms with Crippen LogP contribution >= 0.6 is 0 Å². The maximum atomic E-state index is 11.9. The van der Waals surface area contributed by atoms with Gasteiger partial charge in [-0.15, -0.1) is 0 Å². The maximum absolute atomic E-state index is 11.9. The van der Waals surface area contributed by atoms with E-state index in [1.807, 2.05) is 0 Å². The second-order valence-corrected chi connectivity index (χ2v) is 4.33. The van der Waals surface area contributed by atoms with Crippen molar-refractivity contribution in [3.63, 3.8) is 0 Å². The van der Waals surface area contributed by atoms with Gasteiger partial charge in [-0.2, -0.15) is 4.98 Å². The average Bonchev–Trinajstić information content (AvgIpc) is 2.76. The zero-order chi connectivity index (χ0) is 14.7. The molecule has 0 spiro atoms. The highest BCUT2D eigenvalue weighted by Gasteiger charge is 2.46. The van der Waals surface area contributed by atoms with Gasteiger partial charge >= 0.3 is 5.69 Å². The first-order valence-corrected chi connectivity index (χ1v) is 6.03. The van der Waals surface area contributed by atoms with Crippen LogP contribution in [-0.2, 0) is 18.9 Å². The lowest BCUT2D eigenvalue weighted by molar-refractivity contribution is -0.0676. The van der Waals surface area contributed by atoms with Gasteiger partial charge in [-0.3, -0.25) is 4.57 Å². The van der Waals surface area contributed by atoms with Crippen LogP contribution in [0.3, 0.4) is 0 Å². The third-order valence-electron chi connectivity index (χ3n) is 3.18. The predicted molar refractivity (Wildman–Crippen MR) is 68.1 cm³/mol. The Bertz CT molecular complexity index is 508. The van der Waals surface area contributed by atoms with Crippen LogP contribution in [0.4, 0.5) is 5.95 Å². The summed E-state index contributed by atoms with van der Waals surface area (Å²) in [7, 11) is 4.63. The molecule has 1 unspecified atom stereocenters. The molecule has 20 heavy (non-hydrogen) atoms. The zero-order valence-electron chi connectivity index (χ0n) is 11.6. The Hall–Kier alpha value is -1.55. The molecule has 112 valence electrons. The molecule has 0 saturated carbocycles. The van der Waals surface area contributed by atoms with E-state index in [1.54, 1.807) is 14.2 Å². The Morgan fingerprint density at radius 3 is 2.60 bits per heavy atom. The number of nitrogen functional groups attached to an aromatic ring is 1. The van der Waals surface area contributed by atoms with E-state index in [-0.39, 0.29) is 18.2 Å². The Morgan fingerprint density at radius 2 is 2.05 bits per heavy atom. The van der Waals surface area contributed by atoms with E-state index in [9.17, 15) is 4.79 Å². The SMILES string of the molecule is COC[C@H]1O[C@@H](n2cnc(N)nc2=O)[C@@H](OC)C1OC. The van der Waals surface area contributed by atoms with Gasteiger partial charge in [0.2, 0.25) is 5.95 Å². The molecular formula is C11H18N4O5. The van der Waals surface area contributed by atoms with Crippen molar-refractivity contribution in [2.45, 2.75) is 24.5 Å². The topological polar surface area (TPSA) is 111 Å². The Balaban J connectivity index is 2.32. The minimum Gasteiger partial charge on any atom is -0.382 e. The van der Waals surface area contributed by atoms with Gasteiger partial charge in [-0.05, 0) is 0 Å². The number of nitrogens with zero attached hydrogens (tertiary/aromatic N) is 3. The lowest BCUT2D eigenvalue weighted by Gasteiger charge is -2.21. The largest absolute Gasteiger partial charge is 0.382 e. The molecule has 9 heteroatoms. The van der Waals surface area contributed by atoms with Crippen molar-refractivity contribution in [1.82, 2.24) is 14.5 Å². The molecule has 1 aromatic rings. The van der Waals surface area contributed by atoms with Crippen LogP contribution in [0.2, 0.25) is 0 Å². The summed E-state index contributed by atoms with van der Waals surface area (Å²) in [5.74, 6) is -0.0880. The fourth-order valence-corrected chi connectivity index (χ4v) is 2.30. The quantitative estimate of drug-likeness (QED) is 0.718. The van der Waals surface area contributed by atoms with Crippen LogP contribution in [0, 0.1) is 0 Å². The molecule has 4 atom stereocenters. The van der Waals surface area contributed by atoms with E-state index in [0.29, 0.717) is 6.61 Å². The highest BCUT2D eigenvalue weighted by Crippen LogP contribution is 2.32. The average molecular weight is 286 g/mol. The number of rotatable bonds is 5.